The van der Waals surface area contributed by atoms with E-state index in [0.717, 1.165) is 12.8 Å². The van der Waals surface area contributed by atoms with Crippen LogP contribution in [0.1, 0.15) is 62.6 Å². The van der Waals surface area contributed by atoms with Crippen molar-refractivity contribution in [1.29, 1.82) is 0 Å². The van der Waals surface area contributed by atoms with Crippen molar-refractivity contribution in [2.24, 2.45) is 0 Å². The van der Waals surface area contributed by atoms with E-state index in [-0.39, 0.29) is 0 Å². The van der Waals surface area contributed by atoms with Gasteiger partial charge in [-0.25, -0.2) is 0 Å². The van der Waals surface area contributed by atoms with E-state index < -0.39 is 0 Å². The summed E-state index contributed by atoms with van der Waals surface area (Å²) < 4.78 is 0. The van der Waals surface area contributed by atoms with Gasteiger partial charge in [0.2, 0.25) is 0 Å². The van der Waals surface area contributed by atoms with Crippen LogP contribution in [-0.4, -0.2) is 0 Å². The van der Waals surface area contributed by atoms with Gasteiger partial charge in [-0.3, -0.25) is 0 Å². The minimum absolute atomic E-state index is 1.01. The van der Waals surface area contributed by atoms with Gasteiger partial charge in [-0.15, -0.1) is 0 Å². The molecule has 1 aromatic carbocycles. The van der Waals surface area contributed by atoms with Gasteiger partial charge in [-0.05, 0) is 55.2 Å². The smallest absolute Gasteiger partial charge is 0.0276 e. The fourth-order valence-electron chi connectivity index (χ4n) is 2.25. The lowest BCUT2D eigenvalue weighted by Crippen LogP contribution is -1.97. The van der Waals surface area contributed by atoms with E-state index in [1.165, 1.54) is 49.7 Å². The van der Waals surface area contributed by atoms with Crippen molar-refractivity contribution in [2.45, 2.75) is 65.2 Å². The molecule has 0 heterocycles. The van der Waals surface area contributed by atoms with Crippen molar-refractivity contribution in [2.75, 3.05) is 0 Å². The quantitative estimate of drug-likeness (QED) is 0.581. The summed E-state index contributed by atoms with van der Waals surface area (Å²) in [6.07, 6.45) is 9.80. The minimum atomic E-state index is 1.01. The molecule has 95 valence electrons. The number of hydrogen-bond donors (Lipinski definition) is 0. The molecule has 0 saturated carbocycles. The fourth-order valence-corrected chi connectivity index (χ4v) is 2.25. The van der Waals surface area contributed by atoms with E-state index in [1.54, 1.807) is 5.56 Å². The van der Waals surface area contributed by atoms with Crippen molar-refractivity contribution in [3.8, 4) is 0 Å². The Labute approximate surface area is 107 Å². The Morgan fingerprint density at radius 2 is 1.59 bits per heavy atom. The van der Waals surface area contributed by atoms with Crippen molar-refractivity contribution >= 4 is 0 Å². The molecule has 1 aromatic rings. The Kier molecular flexibility index (Phi) is 7.00. The Bertz CT molecular complexity index is 312. The molecule has 0 aliphatic heterocycles. The van der Waals surface area contributed by atoms with Gasteiger partial charge in [-0.2, -0.15) is 0 Å². The van der Waals surface area contributed by atoms with Crippen LogP contribution in [0.15, 0.2) is 18.2 Å². The van der Waals surface area contributed by atoms with Gasteiger partial charge < -0.3 is 0 Å². The molecule has 17 heavy (non-hydrogen) atoms. The van der Waals surface area contributed by atoms with E-state index in [9.17, 15) is 0 Å². The normalized spacial score (nSPS) is 10.8. The second kappa shape index (κ2) is 8.33. The first-order valence-electron chi connectivity index (χ1n) is 7.21. The highest BCUT2D eigenvalue weighted by Gasteiger charge is 2.03. The first-order chi connectivity index (χ1) is 8.31. The highest BCUT2D eigenvalue weighted by Crippen LogP contribution is 2.18. The average molecular weight is 231 g/mol. The van der Waals surface area contributed by atoms with Crippen LogP contribution in [0.25, 0.3) is 0 Å². The predicted octanol–water partition coefficient (Wildman–Crippen LogP) is 5.14. The molecule has 0 saturated heterocycles. The van der Waals surface area contributed by atoms with E-state index in [2.05, 4.69) is 39.0 Å². The van der Waals surface area contributed by atoms with E-state index in [4.69, 9.17) is 0 Å². The van der Waals surface area contributed by atoms with Gasteiger partial charge >= 0.3 is 0 Å². The number of unbranched alkanes of at least 4 members (excludes halogenated alkanes) is 2. The zero-order valence-corrected chi connectivity index (χ0v) is 11.6. The third kappa shape index (κ3) is 4.93. The molecule has 0 aliphatic rings. The Morgan fingerprint density at radius 1 is 0.882 bits per heavy atom. The van der Waals surface area contributed by atoms with Crippen molar-refractivity contribution in [1.82, 2.24) is 0 Å². The van der Waals surface area contributed by atoms with Crippen LogP contribution in [-0.2, 0) is 19.3 Å². The van der Waals surface area contributed by atoms with Crippen molar-refractivity contribution in [3.63, 3.8) is 0 Å². The average Bonchev–Trinajstić information content (AvgIpc) is 2.36. The first kappa shape index (κ1) is 14.3. The molecule has 0 bridgehead atoms. The Balaban J connectivity index is 2.76. The Hall–Kier alpha value is -0.780. The summed E-state index contributed by atoms with van der Waals surface area (Å²) >= 11 is 0. The molecule has 0 heteroatoms. The van der Waals surface area contributed by atoms with Crippen LogP contribution < -0.4 is 0 Å². The molecule has 0 aromatic heterocycles. The zero-order valence-electron chi connectivity index (χ0n) is 11.6. The van der Waals surface area contributed by atoms with Crippen LogP contribution in [0.4, 0.5) is 0 Å². The Morgan fingerprint density at radius 3 is 2.24 bits per heavy atom. The molecular formula is C17H27. The van der Waals surface area contributed by atoms with E-state index in [0.29, 0.717) is 0 Å². The molecule has 0 amide bonds. The summed E-state index contributed by atoms with van der Waals surface area (Å²) in [5.74, 6) is 0. The van der Waals surface area contributed by atoms with Gasteiger partial charge in [0.05, 0.1) is 0 Å². The SMILES string of the molecule is [CH2]CCc1ccc(CCCC)cc1CCCC. The van der Waals surface area contributed by atoms with Crippen molar-refractivity contribution < 1.29 is 0 Å². The molecule has 1 rings (SSSR count). The predicted molar refractivity (Wildman–Crippen MR) is 77.3 cm³/mol. The maximum atomic E-state index is 3.97. The third-order valence-electron chi connectivity index (χ3n) is 3.34. The maximum absolute atomic E-state index is 3.97. The van der Waals surface area contributed by atoms with Crippen LogP contribution in [0.5, 0.6) is 0 Å². The number of benzene rings is 1. The van der Waals surface area contributed by atoms with Crippen LogP contribution in [0, 0.1) is 6.92 Å². The van der Waals surface area contributed by atoms with Gasteiger partial charge in [0.15, 0.2) is 0 Å². The topological polar surface area (TPSA) is 0 Å². The first-order valence-corrected chi connectivity index (χ1v) is 7.21. The second-order valence-electron chi connectivity index (χ2n) is 4.91. The van der Waals surface area contributed by atoms with Crippen LogP contribution in [0.2, 0.25) is 0 Å². The lowest BCUT2D eigenvalue weighted by Gasteiger charge is -2.11. The molecule has 0 nitrogen and oxygen atoms in total. The zero-order chi connectivity index (χ0) is 12.5. The standard InChI is InChI=1S/C17H27/c1-4-7-10-15-12-13-16(9-6-3)17(14-15)11-8-5-2/h12-14H,3-11H2,1-2H3. The van der Waals surface area contributed by atoms with Crippen LogP contribution >= 0.6 is 0 Å². The lowest BCUT2D eigenvalue weighted by molar-refractivity contribution is 0.771. The number of rotatable bonds is 8. The molecule has 0 aliphatic carbocycles. The molecule has 0 fully saturated rings. The second-order valence-corrected chi connectivity index (χ2v) is 4.91. The molecule has 0 N–H and O–H groups in total. The largest absolute Gasteiger partial charge is 0.0654 e. The maximum Gasteiger partial charge on any atom is -0.0276 e. The molecular weight excluding hydrogens is 204 g/mol. The van der Waals surface area contributed by atoms with Crippen molar-refractivity contribution in [3.05, 3.63) is 41.8 Å². The van der Waals surface area contributed by atoms with E-state index in [1.807, 2.05) is 0 Å². The highest BCUT2D eigenvalue weighted by atomic mass is 14.1. The third-order valence-corrected chi connectivity index (χ3v) is 3.34. The molecule has 0 atom stereocenters. The molecule has 0 unspecified atom stereocenters. The van der Waals surface area contributed by atoms with Crippen LogP contribution in [0.3, 0.4) is 0 Å². The monoisotopic (exact) mass is 231 g/mol. The summed E-state index contributed by atoms with van der Waals surface area (Å²) in [6, 6.07) is 7.09. The van der Waals surface area contributed by atoms with Gasteiger partial charge in [-0.1, -0.05) is 51.8 Å². The molecule has 1 radical (unpaired) electrons. The van der Waals surface area contributed by atoms with Gasteiger partial charge in [0, 0.05) is 0 Å². The van der Waals surface area contributed by atoms with Gasteiger partial charge in [0.1, 0.15) is 0 Å². The summed E-state index contributed by atoms with van der Waals surface area (Å²) in [5.41, 5.74) is 4.61. The van der Waals surface area contributed by atoms with Gasteiger partial charge in [0.25, 0.3) is 0 Å². The summed E-state index contributed by atoms with van der Waals surface area (Å²) in [6.45, 7) is 8.50. The lowest BCUT2D eigenvalue weighted by atomic mass is 9.95. The number of hydrogen-bond acceptors (Lipinski definition) is 0. The minimum Gasteiger partial charge on any atom is -0.0654 e. The summed E-state index contributed by atoms with van der Waals surface area (Å²) in [4.78, 5) is 0. The summed E-state index contributed by atoms with van der Waals surface area (Å²) in [7, 11) is 0. The fraction of sp³-hybridized carbons (Fsp3) is 0.588. The summed E-state index contributed by atoms with van der Waals surface area (Å²) in [5, 5.41) is 0. The highest BCUT2D eigenvalue weighted by molar-refractivity contribution is 5.32. The number of aryl methyl sites for hydroxylation is 3. The van der Waals surface area contributed by atoms with E-state index >= 15 is 0 Å². The molecule has 0 spiro atoms.